The summed E-state index contributed by atoms with van der Waals surface area (Å²) in [6, 6.07) is 11.9. The minimum atomic E-state index is -0.0770. The van der Waals surface area contributed by atoms with E-state index in [1.807, 2.05) is 18.2 Å². The van der Waals surface area contributed by atoms with Crippen molar-refractivity contribution in [2.24, 2.45) is 0 Å². The van der Waals surface area contributed by atoms with Crippen molar-refractivity contribution >= 4 is 5.91 Å². The number of aryl methyl sites for hydroxylation is 1. The molecule has 2 rings (SSSR count). The highest BCUT2D eigenvalue weighted by Crippen LogP contribution is 2.02. The summed E-state index contributed by atoms with van der Waals surface area (Å²) in [7, 11) is 0. The van der Waals surface area contributed by atoms with Crippen molar-refractivity contribution in [2.75, 3.05) is 6.54 Å². The zero-order valence-electron chi connectivity index (χ0n) is 9.56. The first kappa shape index (κ1) is 11.5. The van der Waals surface area contributed by atoms with E-state index >= 15 is 0 Å². The Morgan fingerprint density at radius 2 is 2.00 bits per heavy atom. The maximum absolute atomic E-state index is 11.5. The molecule has 0 radical (unpaired) electrons. The summed E-state index contributed by atoms with van der Waals surface area (Å²) in [6.45, 7) is 0.679. The molecule has 0 unspecified atom stereocenters. The van der Waals surface area contributed by atoms with Gasteiger partial charge in [-0.3, -0.25) is 4.79 Å². The summed E-state index contributed by atoms with van der Waals surface area (Å²) >= 11 is 0. The van der Waals surface area contributed by atoms with Crippen LogP contribution in [0.1, 0.15) is 22.3 Å². The number of nitrogens with one attached hydrogen (secondary N) is 1. The van der Waals surface area contributed by atoms with Gasteiger partial charge in [0.25, 0.3) is 5.91 Å². The second-order valence-electron chi connectivity index (χ2n) is 3.86. The molecule has 88 valence electrons. The van der Waals surface area contributed by atoms with E-state index in [1.165, 1.54) is 18.1 Å². The minimum absolute atomic E-state index is 0.0770. The van der Waals surface area contributed by atoms with Crippen molar-refractivity contribution in [3.05, 3.63) is 60.1 Å². The fourth-order valence-corrected chi connectivity index (χ4v) is 1.63. The number of rotatable bonds is 5. The maximum atomic E-state index is 11.5. The van der Waals surface area contributed by atoms with Gasteiger partial charge >= 0.3 is 0 Å². The van der Waals surface area contributed by atoms with Crippen LogP contribution in [0, 0.1) is 0 Å². The summed E-state index contributed by atoms with van der Waals surface area (Å²) in [5, 5.41) is 2.86. The van der Waals surface area contributed by atoms with Gasteiger partial charge in [-0.2, -0.15) is 0 Å². The van der Waals surface area contributed by atoms with Crippen LogP contribution in [0.15, 0.2) is 53.3 Å². The number of furan rings is 1. The highest BCUT2D eigenvalue weighted by Gasteiger charge is 2.04. The van der Waals surface area contributed by atoms with E-state index in [0.717, 1.165) is 12.8 Å². The quantitative estimate of drug-likeness (QED) is 0.801. The molecule has 0 atom stereocenters. The Morgan fingerprint density at radius 3 is 2.71 bits per heavy atom. The summed E-state index contributed by atoms with van der Waals surface area (Å²) < 4.78 is 4.85. The third-order valence-corrected chi connectivity index (χ3v) is 2.55. The number of hydrogen-bond donors (Lipinski definition) is 1. The average Bonchev–Trinajstić information content (AvgIpc) is 2.89. The molecule has 0 aliphatic rings. The minimum Gasteiger partial charge on any atom is -0.472 e. The lowest BCUT2D eigenvalue weighted by atomic mass is 10.1. The molecule has 1 heterocycles. The monoisotopic (exact) mass is 229 g/mol. The Labute approximate surface area is 100 Å². The van der Waals surface area contributed by atoms with Crippen molar-refractivity contribution in [1.82, 2.24) is 5.32 Å². The molecule has 1 N–H and O–H groups in total. The van der Waals surface area contributed by atoms with Gasteiger partial charge in [0.1, 0.15) is 6.26 Å². The third kappa shape index (κ3) is 3.48. The van der Waals surface area contributed by atoms with Gasteiger partial charge in [0.2, 0.25) is 0 Å². The Kier molecular flexibility index (Phi) is 3.97. The van der Waals surface area contributed by atoms with Crippen LogP contribution in [-0.2, 0) is 6.42 Å². The van der Waals surface area contributed by atoms with Crippen molar-refractivity contribution in [2.45, 2.75) is 12.8 Å². The summed E-state index contributed by atoms with van der Waals surface area (Å²) in [5.74, 6) is -0.0770. The molecule has 0 fully saturated rings. The third-order valence-electron chi connectivity index (χ3n) is 2.55. The second-order valence-corrected chi connectivity index (χ2v) is 3.86. The second kappa shape index (κ2) is 5.89. The first-order chi connectivity index (χ1) is 8.36. The summed E-state index contributed by atoms with van der Waals surface area (Å²) in [5.41, 5.74) is 1.87. The molecule has 1 aromatic heterocycles. The molecule has 17 heavy (non-hydrogen) atoms. The molecule has 2 aromatic rings. The van der Waals surface area contributed by atoms with Gasteiger partial charge in [-0.15, -0.1) is 0 Å². The van der Waals surface area contributed by atoms with Gasteiger partial charge < -0.3 is 9.73 Å². The van der Waals surface area contributed by atoms with Crippen LogP contribution < -0.4 is 5.32 Å². The number of benzene rings is 1. The molecule has 1 aromatic carbocycles. The first-order valence-electron chi connectivity index (χ1n) is 5.70. The van der Waals surface area contributed by atoms with Crippen molar-refractivity contribution in [3.63, 3.8) is 0 Å². The maximum Gasteiger partial charge on any atom is 0.254 e. The fraction of sp³-hybridized carbons (Fsp3) is 0.214. The molecule has 0 saturated heterocycles. The van der Waals surface area contributed by atoms with Crippen molar-refractivity contribution in [1.29, 1.82) is 0 Å². The van der Waals surface area contributed by atoms with E-state index in [9.17, 15) is 4.79 Å². The number of amides is 1. The van der Waals surface area contributed by atoms with E-state index in [2.05, 4.69) is 17.4 Å². The van der Waals surface area contributed by atoms with Crippen LogP contribution in [-0.4, -0.2) is 12.5 Å². The largest absolute Gasteiger partial charge is 0.472 e. The predicted molar refractivity (Wildman–Crippen MR) is 65.8 cm³/mol. The van der Waals surface area contributed by atoms with Crippen LogP contribution >= 0.6 is 0 Å². The topological polar surface area (TPSA) is 42.2 Å². The average molecular weight is 229 g/mol. The molecule has 0 aliphatic carbocycles. The lowest BCUT2D eigenvalue weighted by Crippen LogP contribution is -2.24. The number of carbonyl (C=O) groups excluding carboxylic acids is 1. The van der Waals surface area contributed by atoms with Crippen molar-refractivity contribution < 1.29 is 9.21 Å². The Morgan fingerprint density at radius 1 is 1.18 bits per heavy atom. The standard InChI is InChI=1S/C14H15NO2/c16-14(13-8-10-17-11-13)15-9-4-7-12-5-2-1-3-6-12/h1-3,5-6,8,10-11H,4,7,9H2,(H,15,16). The number of carbonyl (C=O) groups is 1. The molecular weight excluding hydrogens is 214 g/mol. The van der Waals surface area contributed by atoms with E-state index in [0.29, 0.717) is 12.1 Å². The molecule has 0 bridgehead atoms. The van der Waals surface area contributed by atoms with Gasteiger partial charge in [-0.05, 0) is 24.5 Å². The van der Waals surface area contributed by atoms with E-state index in [4.69, 9.17) is 4.42 Å². The Bertz CT molecular complexity index is 448. The highest BCUT2D eigenvalue weighted by atomic mass is 16.3. The van der Waals surface area contributed by atoms with Crippen LogP contribution in [0.5, 0.6) is 0 Å². The van der Waals surface area contributed by atoms with Gasteiger partial charge in [0.15, 0.2) is 0 Å². The van der Waals surface area contributed by atoms with Gasteiger partial charge in [-0.25, -0.2) is 0 Å². The van der Waals surface area contributed by atoms with Crippen molar-refractivity contribution in [3.8, 4) is 0 Å². The van der Waals surface area contributed by atoms with E-state index in [1.54, 1.807) is 6.07 Å². The van der Waals surface area contributed by atoms with E-state index in [-0.39, 0.29) is 5.91 Å². The first-order valence-corrected chi connectivity index (χ1v) is 5.70. The molecule has 3 heteroatoms. The number of hydrogen-bond acceptors (Lipinski definition) is 2. The molecule has 0 aliphatic heterocycles. The SMILES string of the molecule is O=C(NCCCc1ccccc1)c1ccoc1. The van der Waals surface area contributed by atoms with Crippen LogP contribution in [0.2, 0.25) is 0 Å². The fourth-order valence-electron chi connectivity index (χ4n) is 1.63. The normalized spacial score (nSPS) is 10.1. The van der Waals surface area contributed by atoms with Crippen LogP contribution in [0.25, 0.3) is 0 Å². The Balaban J connectivity index is 1.69. The molecule has 0 spiro atoms. The predicted octanol–water partition coefficient (Wildman–Crippen LogP) is 2.64. The van der Waals surface area contributed by atoms with Gasteiger partial charge in [-0.1, -0.05) is 30.3 Å². The summed E-state index contributed by atoms with van der Waals surface area (Å²) in [6.07, 6.45) is 4.87. The Hall–Kier alpha value is -2.03. The zero-order chi connectivity index (χ0) is 11.9. The summed E-state index contributed by atoms with van der Waals surface area (Å²) in [4.78, 5) is 11.5. The molecule has 1 amide bonds. The van der Waals surface area contributed by atoms with Gasteiger partial charge in [0.05, 0.1) is 11.8 Å². The van der Waals surface area contributed by atoms with E-state index < -0.39 is 0 Å². The smallest absolute Gasteiger partial charge is 0.254 e. The molecular formula is C14H15NO2. The lowest BCUT2D eigenvalue weighted by Gasteiger charge is -2.03. The van der Waals surface area contributed by atoms with Crippen LogP contribution in [0.4, 0.5) is 0 Å². The van der Waals surface area contributed by atoms with Gasteiger partial charge in [0, 0.05) is 6.54 Å². The zero-order valence-corrected chi connectivity index (χ0v) is 9.56. The molecule has 3 nitrogen and oxygen atoms in total. The molecule has 0 saturated carbocycles. The highest BCUT2D eigenvalue weighted by molar-refractivity contribution is 5.93. The lowest BCUT2D eigenvalue weighted by molar-refractivity contribution is 0.0952. The van der Waals surface area contributed by atoms with Crippen LogP contribution in [0.3, 0.4) is 0 Å².